The first kappa shape index (κ1) is 27.6. The Balaban J connectivity index is 1.28. The van der Waals surface area contributed by atoms with Crippen molar-refractivity contribution in [2.45, 2.75) is 57.7 Å². The van der Waals surface area contributed by atoms with E-state index in [2.05, 4.69) is 29.6 Å². The van der Waals surface area contributed by atoms with E-state index < -0.39 is 24.0 Å². The van der Waals surface area contributed by atoms with Gasteiger partial charge in [0.2, 0.25) is 6.41 Å². The molecule has 0 fully saturated rings. The van der Waals surface area contributed by atoms with Crippen LogP contribution in [0.3, 0.4) is 0 Å². The minimum atomic E-state index is -1.49. The third-order valence-electron chi connectivity index (χ3n) is 7.04. The van der Waals surface area contributed by atoms with Gasteiger partial charge in [-0.1, -0.05) is 66.7 Å². The number of hydrogen-bond donors (Lipinski definition) is 3. The lowest BCUT2D eigenvalue weighted by Crippen LogP contribution is -2.46. The Kier molecular flexibility index (Phi) is 7.76. The minimum Gasteiger partial charge on any atom is -0.480 e. The molecule has 1 aliphatic rings. The topological polar surface area (TPSA) is 110 Å². The zero-order valence-electron chi connectivity index (χ0n) is 22.8. The number of ether oxygens (including phenoxy) is 2. The van der Waals surface area contributed by atoms with Gasteiger partial charge < -0.3 is 24.3 Å². The summed E-state index contributed by atoms with van der Waals surface area (Å²) < 4.78 is 13.0. The molecule has 8 nitrogen and oxygen atoms in total. The number of aliphatic hydroxyl groups is 1. The number of carboxylic acid groups (broad SMARTS) is 1. The fourth-order valence-electron chi connectivity index (χ4n) is 5.41. The number of carboxylic acids is 1. The van der Waals surface area contributed by atoms with Gasteiger partial charge in [-0.25, -0.2) is 0 Å². The predicted molar refractivity (Wildman–Crippen MR) is 152 cm³/mol. The Morgan fingerprint density at radius 1 is 0.950 bits per heavy atom. The highest BCUT2D eigenvalue weighted by atomic mass is 16.6. The van der Waals surface area contributed by atoms with Crippen molar-refractivity contribution in [2.24, 2.45) is 0 Å². The van der Waals surface area contributed by atoms with Crippen molar-refractivity contribution < 1.29 is 29.3 Å². The van der Waals surface area contributed by atoms with Crippen LogP contribution in [0.4, 0.5) is 0 Å². The second-order valence-electron chi connectivity index (χ2n) is 11.1. The lowest BCUT2D eigenvalue weighted by Gasteiger charge is -2.22. The van der Waals surface area contributed by atoms with E-state index >= 15 is 0 Å². The highest BCUT2D eigenvalue weighted by Gasteiger charge is 2.30. The Morgan fingerprint density at radius 2 is 1.55 bits per heavy atom. The molecule has 2 atom stereocenters. The Morgan fingerprint density at radius 3 is 2.17 bits per heavy atom. The molecule has 0 amide bonds. The van der Waals surface area contributed by atoms with Crippen molar-refractivity contribution in [3.63, 3.8) is 0 Å². The second kappa shape index (κ2) is 11.3. The lowest BCUT2D eigenvalue weighted by atomic mass is 9.98. The van der Waals surface area contributed by atoms with Gasteiger partial charge in [-0.2, -0.15) is 0 Å². The Bertz CT molecular complexity index is 1490. The van der Waals surface area contributed by atoms with Gasteiger partial charge >= 0.3 is 11.9 Å². The van der Waals surface area contributed by atoms with Crippen molar-refractivity contribution in [1.29, 1.82) is 0 Å². The molecule has 208 valence electrons. The van der Waals surface area contributed by atoms with Crippen molar-refractivity contribution in [3.8, 4) is 11.1 Å². The molecule has 3 N–H and O–H groups in total. The van der Waals surface area contributed by atoms with Crippen LogP contribution in [0, 0.1) is 0 Å². The molecule has 1 aliphatic carbocycles. The number of nitrogens with zero attached hydrogens (tertiary/aromatic N) is 1. The molecular formula is C32H34N2O6. The van der Waals surface area contributed by atoms with Gasteiger partial charge in [0.1, 0.15) is 18.2 Å². The number of rotatable bonds is 10. The van der Waals surface area contributed by atoms with E-state index in [0.717, 1.165) is 38.7 Å². The van der Waals surface area contributed by atoms with Gasteiger partial charge in [0.25, 0.3) is 0 Å². The minimum absolute atomic E-state index is 0.000969. The molecule has 0 saturated heterocycles. The average Bonchev–Trinajstić information content (AvgIpc) is 3.41. The Hall–Kier alpha value is -3.98. The molecule has 1 heterocycles. The summed E-state index contributed by atoms with van der Waals surface area (Å²) >= 11 is 0. The van der Waals surface area contributed by atoms with Crippen molar-refractivity contribution in [1.82, 2.24) is 9.88 Å². The van der Waals surface area contributed by atoms with Crippen LogP contribution in [-0.4, -0.2) is 51.4 Å². The number of benzene rings is 3. The third-order valence-corrected chi connectivity index (χ3v) is 7.04. The van der Waals surface area contributed by atoms with Gasteiger partial charge in [-0.05, 0) is 54.7 Å². The number of carbonyl (C=O) groups is 2. The van der Waals surface area contributed by atoms with Crippen LogP contribution >= 0.6 is 0 Å². The second-order valence-corrected chi connectivity index (χ2v) is 11.1. The number of aliphatic carboxylic acids is 1. The number of aliphatic hydroxyl groups excluding tert-OH is 1. The summed E-state index contributed by atoms with van der Waals surface area (Å²) in [5, 5.41) is 24.2. The van der Waals surface area contributed by atoms with Crippen molar-refractivity contribution in [2.75, 3.05) is 6.61 Å². The number of fused-ring (bicyclic) bond motifs is 4. The smallest absolute Gasteiger partial charge is 0.326 e. The van der Waals surface area contributed by atoms with Gasteiger partial charge in [-0.15, -0.1) is 0 Å². The number of esters is 1. The average molecular weight is 543 g/mol. The zero-order chi connectivity index (χ0) is 28.4. The largest absolute Gasteiger partial charge is 0.480 e. The number of carbonyl (C=O) groups excluding carboxylic acids is 1. The summed E-state index contributed by atoms with van der Waals surface area (Å²) in [5.41, 5.74) is 5.42. The van der Waals surface area contributed by atoms with Crippen LogP contribution in [0.5, 0.6) is 0 Å². The normalized spacial score (nSPS) is 14.5. The predicted octanol–water partition coefficient (Wildman–Crippen LogP) is 4.67. The molecule has 0 radical (unpaired) electrons. The van der Waals surface area contributed by atoms with E-state index in [1.807, 2.05) is 69.3 Å². The molecule has 0 spiro atoms. The van der Waals surface area contributed by atoms with Gasteiger partial charge in [0.05, 0.1) is 6.61 Å². The van der Waals surface area contributed by atoms with Crippen LogP contribution in [-0.2, 0) is 32.0 Å². The maximum Gasteiger partial charge on any atom is 0.326 e. The van der Waals surface area contributed by atoms with Crippen LogP contribution in [0.15, 0.2) is 79.0 Å². The first-order valence-electron chi connectivity index (χ1n) is 13.4. The third kappa shape index (κ3) is 5.94. The SMILES string of the molecule is CC(C)(C)OC(=O)Cn1cc(C[C@H](NC(O)OCC2c3ccccc3-c3ccccc32)C(=O)O)c2ccccc21. The molecule has 0 aliphatic heterocycles. The number of nitrogens with one attached hydrogen (secondary N) is 1. The van der Waals surface area contributed by atoms with Crippen molar-refractivity contribution >= 4 is 22.8 Å². The molecule has 1 unspecified atom stereocenters. The lowest BCUT2D eigenvalue weighted by molar-refractivity contribution is -0.155. The first-order valence-corrected chi connectivity index (χ1v) is 13.4. The molecule has 0 saturated carbocycles. The summed E-state index contributed by atoms with van der Waals surface area (Å²) in [6.45, 7) is 5.61. The molecule has 0 bridgehead atoms. The molecule has 3 aromatic carbocycles. The quantitative estimate of drug-likeness (QED) is 0.197. The molecule has 40 heavy (non-hydrogen) atoms. The molecule has 1 aromatic heterocycles. The number of aromatic nitrogens is 1. The maximum absolute atomic E-state index is 12.5. The van der Waals surface area contributed by atoms with E-state index in [1.165, 1.54) is 0 Å². The van der Waals surface area contributed by atoms with Crippen LogP contribution in [0.25, 0.3) is 22.0 Å². The molecule has 5 rings (SSSR count). The zero-order valence-corrected chi connectivity index (χ0v) is 22.8. The fourth-order valence-corrected chi connectivity index (χ4v) is 5.41. The summed E-state index contributed by atoms with van der Waals surface area (Å²) in [6.07, 6.45) is 0.356. The summed E-state index contributed by atoms with van der Waals surface area (Å²) in [4.78, 5) is 24.7. The van der Waals surface area contributed by atoms with E-state index in [4.69, 9.17) is 9.47 Å². The van der Waals surface area contributed by atoms with Crippen LogP contribution < -0.4 is 5.32 Å². The van der Waals surface area contributed by atoms with Gasteiger partial charge in [0, 0.05) is 29.4 Å². The maximum atomic E-state index is 12.5. The fraction of sp³-hybridized carbons (Fsp3) is 0.312. The molecule has 8 heteroatoms. The van der Waals surface area contributed by atoms with E-state index in [9.17, 15) is 19.8 Å². The van der Waals surface area contributed by atoms with E-state index in [0.29, 0.717) is 0 Å². The van der Waals surface area contributed by atoms with Crippen LogP contribution in [0.1, 0.15) is 43.4 Å². The highest BCUT2D eigenvalue weighted by molar-refractivity contribution is 5.86. The summed E-state index contributed by atoms with van der Waals surface area (Å²) in [5.74, 6) is -1.58. The van der Waals surface area contributed by atoms with Crippen molar-refractivity contribution in [3.05, 3.63) is 95.7 Å². The van der Waals surface area contributed by atoms with Gasteiger partial charge in [0.15, 0.2) is 0 Å². The number of hydrogen-bond acceptors (Lipinski definition) is 6. The van der Waals surface area contributed by atoms with Crippen LogP contribution in [0.2, 0.25) is 0 Å². The summed E-state index contributed by atoms with van der Waals surface area (Å²) in [6, 6.07) is 22.6. The Labute approximate surface area is 233 Å². The highest BCUT2D eigenvalue weighted by Crippen LogP contribution is 2.44. The molecular weight excluding hydrogens is 508 g/mol. The van der Waals surface area contributed by atoms with E-state index in [-0.39, 0.29) is 31.5 Å². The van der Waals surface area contributed by atoms with Gasteiger partial charge in [-0.3, -0.25) is 14.9 Å². The number of para-hydroxylation sites is 1. The molecule has 4 aromatic rings. The standard InChI is InChI=1S/C32H34N2O6/c1-32(2,3)40-29(35)18-34-17-20(21-10-8-9-15-28(21)34)16-27(30(36)37)33-31(38)39-19-26-24-13-6-4-11-22(24)23-12-5-7-14-25(23)26/h4-15,17,26-27,31,33,38H,16,18-19H2,1-3H3,(H,36,37)/t27-,31?/m0/s1. The summed E-state index contributed by atoms with van der Waals surface area (Å²) in [7, 11) is 0. The first-order chi connectivity index (χ1) is 19.1. The van der Waals surface area contributed by atoms with E-state index in [1.54, 1.807) is 10.8 Å². The monoisotopic (exact) mass is 542 g/mol.